The van der Waals surface area contributed by atoms with E-state index < -0.39 is 6.04 Å². The van der Waals surface area contributed by atoms with Gasteiger partial charge < -0.3 is 15.4 Å². The minimum atomic E-state index is -0.529. The number of hydrogen-bond acceptors (Lipinski definition) is 5. The number of aromatic nitrogens is 2. The van der Waals surface area contributed by atoms with Gasteiger partial charge in [0.15, 0.2) is 0 Å². The largest absolute Gasteiger partial charge is 0.496 e. The van der Waals surface area contributed by atoms with E-state index in [1.165, 1.54) is 0 Å². The van der Waals surface area contributed by atoms with Crippen molar-refractivity contribution in [1.29, 1.82) is 5.26 Å². The third kappa shape index (κ3) is 5.94. The number of ether oxygens (including phenoxy) is 1. The molecule has 0 saturated carbocycles. The minimum absolute atomic E-state index is 0.160. The molecule has 176 valence electrons. The smallest absolute Gasteiger partial charge is 0.246 e. The Kier molecular flexibility index (Phi) is 7.56. The van der Waals surface area contributed by atoms with Crippen molar-refractivity contribution in [3.63, 3.8) is 0 Å². The van der Waals surface area contributed by atoms with E-state index in [-0.39, 0.29) is 5.91 Å². The van der Waals surface area contributed by atoms with Crippen LogP contribution in [0.1, 0.15) is 22.7 Å². The van der Waals surface area contributed by atoms with Gasteiger partial charge in [-0.1, -0.05) is 42.5 Å². The Balaban J connectivity index is 1.48. The molecule has 4 aromatic rings. The van der Waals surface area contributed by atoms with E-state index >= 15 is 0 Å². The summed E-state index contributed by atoms with van der Waals surface area (Å²) in [7, 11) is 3.47. The van der Waals surface area contributed by atoms with Gasteiger partial charge in [-0.15, -0.1) is 0 Å². The van der Waals surface area contributed by atoms with Crippen molar-refractivity contribution >= 4 is 11.6 Å². The highest BCUT2D eigenvalue weighted by molar-refractivity contribution is 5.96. The molecule has 1 atom stereocenters. The quantitative estimate of drug-likeness (QED) is 0.380. The molecule has 3 aromatic carbocycles. The van der Waals surface area contributed by atoms with Crippen LogP contribution in [-0.4, -0.2) is 29.3 Å². The van der Waals surface area contributed by atoms with Gasteiger partial charge >= 0.3 is 0 Å². The molecule has 4 rings (SSSR count). The van der Waals surface area contributed by atoms with E-state index in [4.69, 9.17) is 10.00 Å². The molecule has 1 aromatic heterocycles. The second kappa shape index (κ2) is 11.1. The number of methoxy groups -OCH3 is 1. The lowest BCUT2D eigenvalue weighted by Gasteiger charge is -2.20. The van der Waals surface area contributed by atoms with E-state index in [0.717, 1.165) is 28.7 Å². The van der Waals surface area contributed by atoms with Gasteiger partial charge in [0, 0.05) is 42.7 Å². The normalized spacial score (nSPS) is 11.5. The van der Waals surface area contributed by atoms with Crippen LogP contribution in [0.4, 0.5) is 5.69 Å². The van der Waals surface area contributed by atoms with E-state index in [0.29, 0.717) is 23.5 Å². The van der Waals surface area contributed by atoms with Crippen molar-refractivity contribution < 1.29 is 9.53 Å². The number of nitrogens with zero attached hydrogens (tertiary/aromatic N) is 3. The molecule has 0 fully saturated rings. The highest BCUT2D eigenvalue weighted by Gasteiger charge is 2.20. The van der Waals surface area contributed by atoms with Crippen LogP contribution in [0.2, 0.25) is 0 Å². The monoisotopic (exact) mass is 465 g/mol. The van der Waals surface area contributed by atoms with Gasteiger partial charge in [-0.3, -0.25) is 9.48 Å². The van der Waals surface area contributed by atoms with E-state index in [1.807, 2.05) is 73.9 Å². The van der Waals surface area contributed by atoms with Crippen LogP contribution in [0.25, 0.3) is 11.1 Å². The summed E-state index contributed by atoms with van der Waals surface area (Å²) in [5, 5.41) is 19.6. The van der Waals surface area contributed by atoms with Crippen molar-refractivity contribution in [2.75, 3.05) is 19.0 Å². The average molecular weight is 466 g/mol. The molecule has 0 aliphatic heterocycles. The first kappa shape index (κ1) is 23.7. The molecule has 0 saturated heterocycles. The van der Waals surface area contributed by atoms with Crippen LogP contribution in [-0.2, 0) is 18.3 Å². The Morgan fingerprint density at radius 1 is 1.11 bits per heavy atom. The molecule has 1 amide bonds. The number of carbonyl (C=O) groups is 1. The van der Waals surface area contributed by atoms with Crippen LogP contribution in [0.5, 0.6) is 5.75 Å². The second-order valence-corrected chi connectivity index (χ2v) is 8.16. The maximum atomic E-state index is 13.3. The van der Waals surface area contributed by atoms with E-state index in [2.05, 4.69) is 21.8 Å². The molecule has 0 spiro atoms. The molecule has 0 bridgehead atoms. The van der Waals surface area contributed by atoms with Gasteiger partial charge in [0.05, 0.1) is 24.9 Å². The highest BCUT2D eigenvalue weighted by Crippen LogP contribution is 2.32. The number of carbonyl (C=O) groups excluding carboxylic acids is 1. The third-order valence-corrected chi connectivity index (χ3v) is 5.73. The van der Waals surface area contributed by atoms with Crippen LogP contribution < -0.4 is 15.4 Å². The lowest BCUT2D eigenvalue weighted by Crippen LogP contribution is -2.34. The number of aryl methyl sites for hydroxylation is 1. The highest BCUT2D eigenvalue weighted by atomic mass is 16.5. The summed E-state index contributed by atoms with van der Waals surface area (Å²) in [6, 6.07) is 24.3. The van der Waals surface area contributed by atoms with Crippen LogP contribution in [0, 0.1) is 11.3 Å². The van der Waals surface area contributed by atoms with Crippen LogP contribution >= 0.6 is 0 Å². The summed E-state index contributed by atoms with van der Waals surface area (Å²) in [4.78, 5) is 13.3. The topological polar surface area (TPSA) is 92.0 Å². The lowest BCUT2D eigenvalue weighted by atomic mass is 10.0. The molecule has 35 heavy (non-hydrogen) atoms. The van der Waals surface area contributed by atoms with Crippen molar-refractivity contribution in [2.45, 2.75) is 12.5 Å². The summed E-state index contributed by atoms with van der Waals surface area (Å²) in [6.45, 7) is 0.599. The Hall–Kier alpha value is -4.41. The molecular weight excluding hydrogens is 438 g/mol. The van der Waals surface area contributed by atoms with Crippen LogP contribution in [0.15, 0.2) is 85.2 Å². The molecule has 1 unspecified atom stereocenters. The Morgan fingerprint density at radius 3 is 2.54 bits per heavy atom. The molecule has 1 heterocycles. The first-order valence-electron chi connectivity index (χ1n) is 11.3. The molecule has 7 nitrogen and oxygen atoms in total. The first-order valence-corrected chi connectivity index (χ1v) is 11.3. The molecule has 7 heteroatoms. The van der Waals surface area contributed by atoms with Gasteiger partial charge in [-0.25, -0.2) is 0 Å². The zero-order valence-electron chi connectivity index (χ0n) is 19.7. The number of anilines is 1. The standard InChI is InChI=1S/C28H27N5O2/c1-33-19-23(18-31-33)25-13-12-24(16-26(25)35-2)32-28(34)27(22-6-4-3-5-7-22)30-15-14-20-8-10-21(17-29)11-9-20/h3-13,16,18-19,27,30H,14-15H2,1-2H3,(H,32,34). The fraction of sp³-hybridized carbons (Fsp3) is 0.179. The maximum absolute atomic E-state index is 13.3. The number of hydrogen-bond donors (Lipinski definition) is 2. The van der Waals surface area contributed by atoms with Crippen molar-refractivity contribution in [3.05, 3.63) is 102 Å². The molecule has 2 N–H and O–H groups in total. The summed E-state index contributed by atoms with van der Waals surface area (Å²) >= 11 is 0. The Morgan fingerprint density at radius 2 is 1.89 bits per heavy atom. The lowest BCUT2D eigenvalue weighted by molar-refractivity contribution is -0.118. The molecule has 0 aliphatic rings. The summed E-state index contributed by atoms with van der Waals surface area (Å²) in [5.74, 6) is 0.494. The fourth-order valence-corrected chi connectivity index (χ4v) is 3.90. The summed E-state index contributed by atoms with van der Waals surface area (Å²) < 4.78 is 7.32. The van der Waals surface area contributed by atoms with Crippen LogP contribution in [0.3, 0.4) is 0 Å². The zero-order valence-corrected chi connectivity index (χ0v) is 19.7. The second-order valence-electron chi connectivity index (χ2n) is 8.16. The third-order valence-electron chi connectivity index (χ3n) is 5.73. The first-order chi connectivity index (χ1) is 17.1. The predicted octanol–water partition coefficient (Wildman–Crippen LogP) is 4.48. The minimum Gasteiger partial charge on any atom is -0.496 e. The Labute approximate surface area is 205 Å². The van der Waals surface area contributed by atoms with Gasteiger partial charge in [-0.05, 0) is 41.8 Å². The number of nitriles is 1. The van der Waals surface area contributed by atoms with Gasteiger partial charge in [0.25, 0.3) is 0 Å². The van der Waals surface area contributed by atoms with Gasteiger partial charge in [0.1, 0.15) is 11.8 Å². The predicted molar refractivity (Wildman–Crippen MR) is 136 cm³/mol. The van der Waals surface area contributed by atoms with E-state index in [1.54, 1.807) is 30.1 Å². The fourth-order valence-electron chi connectivity index (χ4n) is 3.90. The summed E-state index contributed by atoms with van der Waals surface area (Å²) in [6.07, 6.45) is 4.43. The molecule has 0 aliphatic carbocycles. The van der Waals surface area contributed by atoms with Crippen molar-refractivity contribution in [2.24, 2.45) is 7.05 Å². The maximum Gasteiger partial charge on any atom is 0.246 e. The zero-order chi connectivity index (χ0) is 24.6. The number of rotatable bonds is 9. The SMILES string of the molecule is COc1cc(NC(=O)C(NCCc2ccc(C#N)cc2)c2ccccc2)ccc1-c1cnn(C)c1. The number of amides is 1. The summed E-state index contributed by atoms with van der Waals surface area (Å²) in [5.41, 5.74) is 5.10. The van der Waals surface area contributed by atoms with Crippen molar-refractivity contribution in [3.8, 4) is 22.9 Å². The van der Waals surface area contributed by atoms with Crippen molar-refractivity contribution in [1.82, 2.24) is 15.1 Å². The van der Waals surface area contributed by atoms with Gasteiger partial charge in [-0.2, -0.15) is 10.4 Å². The van der Waals surface area contributed by atoms with E-state index in [9.17, 15) is 4.79 Å². The number of nitrogens with one attached hydrogen (secondary N) is 2. The molecule has 0 radical (unpaired) electrons. The van der Waals surface area contributed by atoms with Gasteiger partial charge in [0.2, 0.25) is 5.91 Å². The Bertz CT molecular complexity index is 1320. The number of benzene rings is 3. The molecular formula is C28H27N5O2. The average Bonchev–Trinajstić information content (AvgIpc) is 3.33.